The molecule has 1 atom stereocenters. The molecular formula is C14H20N2O5. The maximum atomic E-state index is 11.8. The Morgan fingerprint density at radius 2 is 2.00 bits per heavy atom. The van der Waals surface area contributed by atoms with Crippen molar-refractivity contribution in [2.24, 2.45) is 0 Å². The fourth-order valence-electron chi connectivity index (χ4n) is 1.74. The van der Waals surface area contributed by atoms with Crippen molar-refractivity contribution in [3.05, 3.63) is 33.9 Å². The Morgan fingerprint density at radius 3 is 2.48 bits per heavy atom. The zero-order valence-electron chi connectivity index (χ0n) is 12.8. The molecule has 0 heterocycles. The van der Waals surface area contributed by atoms with Crippen LogP contribution in [0.2, 0.25) is 0 Å². The quantitative estimate of drug-likeness (QED) is 0.680. The van der Waals surface area contributed by atoms with Gasteiger partial charge in [0, 0.05) is 17.7 Å². The molecule has 7 heteroatoms. The van der Waals surface area contributed by atoms with Gasteiger partial charge in [-0.2, -0.15) is 0 Å². The zero-order chi connectivity index (χ0) is 16.2. The molecule has 0 radical (unpaired) electrons. The van der Waals surface area contributed by atoms with Gasteiger partial charge in [0.2, 0.25) is 0 Å². The number of non-ortho nitro benzene ring substituents is 1. The molecule has 21 heavy (non-hydrogen) atoms. The smallest absolute Gasteiger partial charge is 0.408 e. The van der Waals surface area contributed by atoms with Crippen LogP contribution in [0.5, 0.6) is 5.75 Å². The summed E-state index contributed by atoms with van der Waals surface area (Å²) in [6.07, 6.45) is -0.594. The molecule has 0 saturated heterocycles. The standard InChI is InChI=1S/C14H20N2O5/c1-9(15-13(17)21-14(2,3)4)11-8-10(16(18)19)6-7-12(11)20-5/h6-9H,1-5H3,(H,15,17). The van der Waals surface area contributed by atoms with Crippen molar-refractivity contribution >= 4 is 11.8 Å². The van der Waals surface area contributed by atoms with E-state index in [-0.39, 0.29) is 5.69 Å². The van der Waals surface area contributed by atoms with Crippen LogP contribution in [0.25, 0.3) is 0 Å². The number of amides is 1. The number of nitro groups is 1. The minimum absolute atomic E-state index is 0.0661. The van der Waals surface area contributed by atoms with Gasteiger partial charge in [-0.15, -0.1) is 0 Å². The summed E-state index contributed by atoms with van der Waals surface area (Å²) in [5, 5.41) is 13.5. The van der Waals surface area contributed by atoms with E-state index in [1.165, 1.54) is 25.3 Å². The predicted octanol–water partition coefficient (Wildman–Crippen LogP) is 3.19. The van der Waals surface area contributed by atoms with E-state index < -0.39 is 22.7 Å². The van der Waals surface area contributed by atoms with Gasteiger partial charge in [-0.05, 0) is 33.8 Å². The van der Waals surface area contributed by atoms with E-state index in [0.29, 0.717) is 11.3 Å². The van der Waals surface area contributed by atoms with Crippen molar-refractivity contribution < 1.29 is 19.2 Å². The number of carbonyl (C=O) groups excluding carboxylic acids is 1. The van der Waals surface area contributed by atoms with Crippen molar-refractivity contribution in [3.63, 3.8) is 0 Å². The normalized spacial score (nSPS) is 12.4. The molecule has 1 N–H and O–H groups in total. The monoisotopic (exact) mass is 296 g/mol. The lowest BCUT2D eigenvalue weighted by molar-refractivity contribution is -0.385. The Morgan fingerprint density at radius 1 is 1.38 bits per heavy atom. The van der Waals surface area contributed by atoms with Crippen LogP contribution in [-0.4, -0.2) is 23.7 Å². The summed E-state index contributed by atoms with van der Waals surface area (Å²) in [5.41, 5.74) is -0.169. The van der Waals surface area contributed by atoms with Crippen LogP contribution in [0.1, 0.15) is 39.3 Å². The minimum atomic E-state index is -0.615. The van der Waals surface area contributed by atoms with Crippen LogP contribution in [-0.2, 0) is 4.74 Å². The molecule has 0 spiro atoms. The van der Waals surface area contributed by atoms with E-state index in [4.69, 9.17) is 9.47 Å². The van der Waals surface area contributed by atoms with Gasteiger partial charge < -0.3 is 14.8 Å². The van der Waals surface area contributed by atoms with Gasteiger partial charge in [0.15, 0.2) is 0 Å². The number of benzene rings is 1. The third-order valence-electron chi connectivity index (χ3n) is 2.62. The van der Waals surface area contributed by atoms with E-state index in [2.05, 4.69) is 5.32 Å². The maximum Gasteiger partial charge on any atom is 0.408 e. The molecule has 0 saturated carbocycles. The summed E-state index contributed by atoms with van der Waals surface area (Å²) in [5.74, 6) is 0.462. The lowest BCUT2D eigenvalue weighted by atomic mass is 10.1. The van der Waals surface area contributed by atoms with E-state index in [9.17, 15) is 14.9 Å². The minimum Gasteiger partial charge on any atom is -0.496 e. The first-order valence-corrected chi connectivity index (χ1v) is 6.46. The van der Waals surface area contributed by atoms with Gasteiger partial charge in [-0.3, -0.25) is 10.1 Å². The molecule has 0 aliphatic carbocycles. The Kier molecular flexibility index (Phi) is 5.12. The summed E-state index contributed by atoms with van der Waals surface area (Å²) in [6.45, 7) is 6.97. The number of hydrogen-bond donors (Lipinski definition) is 1. The molecule has 7 nitrogen and oxygen atoms in total. The first-order chi connectivity index (χ1) is 9.64. The molecule has 116 valence electrons. The molecule has 1 aromatic carbocycles. The number of carbonyl (C=O) groups is 1. The van der Waals surface area contributed by atoms with Crippen molar-refractivity contribution in [1.29, 1.82) is 0 Å². The molecule has 0 aliphatic rings. The molecule has 0 fully saturated rings. The number of rotatable bonds is 4. The summed E-state index contributed by atoms with van der Waals surface area (Å²) in [7, 11) is 1.46. The van der Waals surface area contributed by atoms with Crippen molar-refractivity contribution in [3.8, 4) is 5.75 Å². The average molecular weight is 296 g/mol. The van der Waals surface area contributed by atoms with Gasteiger partial charge in [0.1, 0.15) is 11.4 Å². The van der Waals surface area contributed by atoms with Crippen molar-refractivity contribution in [1.82, 2.24) is 5.32 Å². The summed E-state index contributed by atoms with van der Waals surface area (Å²) in [6, 6.07) is 3.74. The Labute approximate surface area is 123 Å². The predicted molar refractivity (Wildman–Crippen MR) is 77.4 cm³/mol. The summed E-state index contributed by atoms with van der Waals surface area (Å²) in [4.78, 5) is 22.1. The highest BCUT2D eigenvalue weighted by molar-refractivity contribution is 5.68. The topological polar surface area (TPSA) is 90.7 Å². The van der Waals surface area contributed by atoms with Crippen LogP contribution < -0.4 is 10.1 Å². The summed E-state index contributed by atoms with van der Waals surface area (Å²) >= 11 is 0. The van der Waals surface area contributed by atoms with Crippen LogP contribution >= 0.6 is 0 Å². The first kappa shape index (κ1) is 16.7. The fraction of sp³-hybridized carbons (Fsp3) is 0.500. The highest BCUT2D eigenvalue weighted by atomic mass is 16.6. The molecule has 1 amide bonds. The first-order valence-electron chi connectivity index (χ1n) is 6.46. The second kappa shape index (κ2) is 6.43. The second-order valence-electron chi connectivity index (χ2n) is 5.55. The molecule has 0 bridgehead atoms. The van der Waals surface area contributed by atoms with Gasteiger partial charge in [0.25, 0.3) is 5.69 Å². The largest absolute Gasteiger partial charge is 0.496 e. The van der Waals surface area contributed by atoms with Gasteiger partial charge >= 0.3 is 6.09 Å². The number of hydrogen-bond acceptors (Lipinski definition) is 5. The number of methoxy groups -OCH3 is 1. The molecule has 1 unspecified atom stereocenters. The van der Waals surface area contributed by atoms with Crippen molar-refractivity contribution in [2.45, 2.75) is 39.3 Å². The van der Waals surface area contributed by atoms with Gasteiger partial charge in [0.05, 0.1) is 18.1 Å². The van der Waals surface area contributed by atoms with Crippen LogP contribution in [0.15, 0.2) is 18.2 Å². The summed E-state index contributed by atoms with van der Waals surface area (Å²) < 4.78 is 10.3. The highest BCUT2D eigenvalue weighted by Crippen LogP contribution is 2.29. The lowest BCUT2D eigenvalue weighted by Crippen LogP contribution is -2.34. The van der Waals surface area contributed by atoms with Crippen LogP contribution in [0, 0.1) is 10.1 Å². The average Bonchev–Trinajstić information content (AvgIpc) is 2.35. The van der Waals surface area contributed by atoms with E-state index in [0.717, 1.165) is 0 Å². The third kappa shape index (κ3) is 4.94. The number of nitrogens with one attached hydrogen (secondary N) is 1. The maximum absolute atomic E-state index is 11.8. The number of ether oxygens (including phenoxy) is 2. The van der Waals surface area contributed by atoms with Gasteiger partial charge in [-0.25, -0.2) is 4.79 Å². The highest BCUT2D eigenvalue weighted by Gasteiger charge is 2.21. The Hall–Kier alpha value is -2.31. The van der Waals surface area contributed by atoms with Crippen LogP contribution in [0.4, 0.5) is 10.5 Å². The van der Waals surface area contributed by atoms with E-state index >= 15 is 0 Å². The van der Waals surface area contributed by atoms with E-state index in [1.807, 2.05) is 0 Å². The zero-order valence-corrected chi connectivity index (χ0v) is 12.8. The Balaban J connectivity index is 2.95. The molecule has 0 aromatic heterocycles. The van der Waals surface area contributed by atoms with Gasteiger partial charge in [-0.1, -0.05) is 0 Å². The van der Waals surface area contributed by atoms with Crippen molar-refractivity contribution in [2.75, 3.05) is 7.11 Å². The molecule has 1 aromatic rings. The second-order valence-corrected chi connectivity index (χ2v) is 5.55. The molecule has 0 aliphatic heterocycles. The lowest BCUT2D eigenvalue weighted by Gasteiger charge is -2.22. The number of alkyl carbamates (subject to hydrolysis) is 1. The number of nitro benzene ring substituents is 1. The van der Waals surface area contributed by atoms with Crippen LogP contribution in [0.3, 0.4) is 0 Å². The van der Waals surface area contributed by atoms with E-state index in [1.54, 1.807) is 27.7 Å². The Bertz CT molecular complexity index is 537. The fourth-order valence-corrected chi connectivity index (χ4v) is 1.74. The molecular weight excluding hydrogens is 276 g/mol. The molecule has 1 rings (SSSR count). The third-order valence-corrected chi connectivity index (χ3v) is 2.62. The SMILES string of the molecule is COc1ccc([N+](=O)[O-])cc1C(C)NC(=O)OC(C)(C)C. The number of nitrogens with zero attached hydrogens (tertiary/aromatic N) is 1.